The average molecular weight is 396 g/mol. The molecule has 4 nitrogen and oxygen atoms in total. The van der Waals surface area contributed by atoms with Crippen LogP contribution in [0.15, 0.2) is 65.6 Å². The summed E-state index contributed by atoms with van der Waals surface area (Å²) in [6.07, 6.45) is 1.98. The first kappa shape index (κ1) is 20.9. The van der Waals surface area contributed by atoms with Gasteiger partial charge in [0.15, 0.2) is 9.84 Å². The summed E-state index contributed by atoms with van der Waals surface area (Å²) >= 11 is 0. The minimum absolute atomic E-state index is 0. The van der Waals surface area contributed by atoms with E-state index >= 15 is 0 Å². The Morgan fingerprint density at radius 1 is 0.923 bits per heavy atom. The molecule has 0 spiro atoms. The van der Waals surface area contributed by atoms with Crippen molar-refractivity contribution in [2.45, 2.75) is 29.8 Å². The van der Waals surface area contributed by atoms with Crippen molar-refractivity contribution in [3.63, 3.8) is 0 Å². The molecule has 2 aromatic carbocycles. The maximum Gasteiger partial charge on any atom is 0.178 e. The van der Waals surface area contributed by atoms with Gasteiger partial charge in [0.1, 0.15) is 0 Å². The molecule has 1 saturated heterocycles. The largest absolute Gasteiger partial charge is 0.385 e. The molecule has 1 fully saturated rings. The van der Waals surface area contributed by atoms with Crippen molar-refractivity contribution in [2.75, 3.05) is 25.4 Å². The number of hydrogen-bond acceptors (Lipinski definition) is 4. The smallest absolute Gasteiger partial charge is 0.178 e. The van der Waals surface area contributed by atoms with Gasteiger partial charge in [-0.05, 0) is 43.5 Å². The molecule has 0 unspecified atom stereocenters. The first-order valence-corrected chi connectivity index (χ1v) is 10.4. The van der Waals surface area contributed by atoms with Gasteiger partial charge in [-0.15, -0.1) is 12.4 Å². The van der Waals surface area contributed by atoms with E-state index in [0.717, 1.165) is 25.2 Å². The Kier molecular flexibility index (Phi) is 7.24. The SMILES string of the molecule is Cl.O=S(=O)(CCCN1CCC(O)(c2ccccc2)CC1)c1ccccc1. The third-order valence-corrected chi connectivity index (χ3v) is 6.80. The summed E-state index contributed by atoms with van der Waals surface area (Å²) in [6.45, 7) is 2.32. The minimum atomic E-state index is -3.20. The molecule has 1 N–H and O–H groups in total. The normalized spacial score (nSPS) is 17.4. The number of halogens is 1. The first-order chi connectivity index (χ1) is 12.0. The second-order valence-electron chi connectivity index (χ2n) is 6.72. The summed E-state index contributed by atoms with van der Waals surface area (Å²) in [4.78, 5) is 2.64. The van der Waals surface area contributed by atoms with Crippen molar-refractivity contribution in [2.24, 2.45) is 0 Å². The molecule has 0 atom stereocenters. The van der Waals surface area contributed by atoms with Gasteiger partial charge in [0.2, 0.25) is 0 Å². The van der Waals surface area contributed by atoms with Crippen LogP contribution in [-0.4, -0.2) is 43.8 Å². The number of benzene rings is 2. The number of rotatable bonds is 6. The van der Waals surface area contributed by atoms with E-state index in [1.807, 2.05) is 36.4 Å². The van der Waals surface area contributed by atoms with Crippen LogP contribution >= 0.6 is 12.4 Å². The molecule has 1 heterocycles. The number of nitrogens with zero attached hydrogens (tertiary/aromatic N) is 1. The molecular formula is C20H26ClNO3S. The molecule has 0 saturated carbocycles. The van der Waals surface area contributed by atoms with Gasteiger partial charge in [0.25, 0.3) is 0 Å². The lowest BCUT2D eigenvalue weighted by molar-refractivity contribution is -0.0257. The average Bonchev–Trinajstić information content (AvgIpc) is 2.65. The number of hydrogen-bond donors (Lipinski definition) is 1. The fourth-order valence-electron chi connectivity index (χ4n) is 3.41. The third kappa shape index (κ3) is 5.07. The zero-order valence-electron chi connectivity index (χ0n) is 14.8. The van der Waals surface area contributed by atoms with E-state index in [9.17, 15) is 13.5 Å². The predicted octanol–water partition coefficient (Wildman–Crippen LogP) is 3.26. The monoisotopic (exact) mass is 395 g/mol. The second-order valence-corrected chi connectivity index (χ2v) is 8.83. The molecule has 6 heteroatoms. The Morgan fingerprint density at radius 3 is 2.04 bits per heavy atom. The highest BCUT2D eigenvalue weighted by Gasteiger charge is 2.33. The highest BCUT2D eigenvalue weighted by Crippen LogP contribution is 2.32. The topological polar surface area (TPSA) is 57.6 Å². The molecular weight excluding hydrogens is 370 g/mol. The van der Waals surface area contributed by atoms with Crippen LogP contribution in [0, 0.1) is 0 Å². The fraction of sp³-hybridized carbons (Fsp3) is 0.400. The van der Waals surface area contributed by atoms with Crippen molar-refractivity contribution < 1.29 is 13.5 Å². The van der Waals surface area contributed by atoms with Gasteiger partial charge in [-0.25, -0.2) is 8.42 Å². The summed E-state index contributed by atoms with van der Waals surface area (Å²) in [5.41, 5.74) is 0.217. The van der Waals surface area contributed by atoms with Crippen LogP contribution < -0.4 is 0 Å². The van der Waals surface area contributed by atoms with E-state index in [1.54, 1.807) is 24.3 Å². The van der Waals surface area contributed by atoms with Gasteiger partial charge in [0.05, 0.1) is 16.2 Å². The van der Waals surface area contributed by atoms with E-state index in [4.69, 9.17) is 0 Å². The molecule has 2 aromatic rings. The van der Waals surface area contributed by atoms with Crippen LogP contribution in [0.3, 0.4) is 0 Å². The molecule has 0 radical (unpaired) electrons. The van der Waals surface area contributed by atoms with Gasteiger partial charge < -0.3 is 10.0 Å². The number of aliphatic hydroxyl groups is 1. The number of likely N-dealkylation sites (tertiary alicyclic amines) is 1. The second kappa shape index (κ2) is 9.00. The van der Waals surface area contributed by atoms with Gasteiger partial charge in [-0.2, -0.15) is 0 Å². The lowest BCUT2D eigenvalue weighted by Gasteiger charge is -2.38. The summed E-state index contributed by atoms with van der Waals surface area (Å²) < 4.78 is 24.6. The molecule has 0 amide bonds. The first-order valence-electron chi connectivity index (χ1n) is 8.78. The zero-order chi connectivity index (χ0) is 17.8. The van der Waals surface area contributed by atoms with Crippen molar-refractivity contribution in [3.8, 4) is 0 Å². The van der Waals surface area contributed by atoms with Crippen LogP contribution in [0.25, 0.3) is 0 Å². The fourth-order valence-corrected chi connectivity index (χ4v) is 4.72. The molecule has 1 aliphatic rings. The Morgan fingerprint density at radius 2 is 1.46 bits per heavy atom. The summed E-state index contributed by atoms with van der Waals surface area (Å²) in [5.74, 6) is 0.163. The van der Waals surface area contributed by atoms with Crippen molar-refractivity contribution >= 4 is 22.2 Å². The van der Waals surface area contributed by atoms with E-state index < -0.39 is 15.4 Å². The van der Waals surface area contributed by atoms with Crippen molar-refractivity contribution in [3.05, 3.63) is 66.2 Å². The Bertz CT molecular complexity index is 773. The van der Waals surface area contributed by atoms with Crippen LogP contribution in [-0.2, 0) is 15.4 Å². The van der Waals surface area contributed by atoms with E-state index in [1.165, 1.54) is 0 Å². The summed E-state index contributed by atoms with van der Waals surface area (Å²) in [6, 6.07) is 18.4. The molecule has 26 heavy (non-hydrogen) atoms. The summed E-state index contributed by atoms with van der Waals surface area (Å²) in [5, 5.41) is 10.8. The Labute approximate surface area is 162 Å². The van der Waals surface area contributed by atoms with Crippen LogP contribution in [0.2, 0.25) is 0 Å². The highest BCUT2D eigenvalue weighted by molar-refractivity contribution is 7.91. The van der Waals surface area contributed by atoms with Gasteiger partial charge in [-0.3, -0.25) is 0 Å². The number of sulfone groups is 1. The van der Waals surface area contributed by atoms with Gasteiger partial charge >= 0.3 is 0 Å². The highest BCUT2D eigenvalue weighted by atomic mass is 35.5. The number of piperidine rings is 1. The lowest BCUT2D eigenvalue weighted by atomic mass is 9.84. The molecule has 0 bridgehead atoms. The van der Waals surface area contributed by atoms with Crippen LogP contribution in [0.1, 0.15) is 24.8 Å². The predicted molar refractivity (Wildman–Crippen MR) is 106 cm³/mol. The third-order valence-electron chi connectivity index (χ3n) is 4.98. The van der Waals surface area contributed by atoms with E-state index in [-0.39, 0.29) is 18.2 Å². The Hall–Kier alpha value is -1.40. The van der Waals surface area contributed by atoms with Gasteiger partial charge in [0, 0.05) is 13.1 Å². The van der Waals surface area contributed by atoms with Crippen LogP contribution in [0.4, 0.5) is 0 Å². The minimum Gasteiger partial charge on any atom is -0.385 e. The van der Waals surface area contributed by atoms with Crippen molar-refractivity contribution in [1.82, 2.24) is 4.90 Å². The molecule has 0 aliphatic carbocycles. The maximum absolute atomic E-state index is 12.3. The van der Waals surface area contributed by atoms with E-state index in [2.05, 4.69) is 4.90 Å². The molecule has 1 aliphatic heterocycles. The quantitative estimate of drug-likeness (QED) is 0.815. The standard InChI is InChI=1S/C20H25NO3S.ClH/c22-20(18-8-3-1-4-9-18)12-15-21(16-13-20)14-7-17-25(23,24)19-10-5-2-6-11-19;/h1-6,8-11,22H,7,12-17H2;1H. The van der Waals surface area contributed by atoms with Crippen LogP contribution in [0.5, 0.6) is 0 Å². The lowest BCUT2D eigenvalue weighted by Crippen LogP contribution is -2.43. The molecule has 3 rings (SSSR count). The molecule has 0 aromatic heterocycles. The molecule has 142 valence electrons. The maximum atomic E-state index is 12.3. The zero-order valence-corrected chi connectivity index (χ0v) is 16.4. The van der Waals surface area contributed by atoms with Crippen molar-refractivity contribution in [1.29, 1.82) is 0 Å². The summed E-state index contributed by atoms with van der Waals surface area (Å²) in [7, 11) is -3.20. The Balaban J connectivity index is 0.00000243. The van der Waals surface area contributed by atoms with E-state index in [0.29, 0.717) is 24.2 Å². The van der Waals surface area contributed by atoms with Gasteiger partial charge in [-0.1, -0.05) is 48.5 Å².